The van der Waals surface area contributed by atoms with Crippen LogP contribution in [-0.4, -0.2) is 8.42 Å². The van der Waals surface area contributed by atoms with Gasteiger partial charge in [-0.3, -0.25) is 0 Å². The highest BCUT2D eigenvalue weighted by atomic mass is 35.7. The third kappa shape index (κ3) is 3.76. The lowest BCUT2D eigenvalue weighted by molar-refractivity contribution is 0.609. The first-order valence-corrected chi connectivity index (χ1v) is 6.19. The zero-order valence-electron chi connectivity index (χ0n) is 6.90. The molecular weight excluding hydrogens is 210 g/mol. The highest BCUT2D eigenvalue weighted by Gasteiger charge is 2.06. The highest BCUT2D eigenvalue weighted by molar-refractivity contribution is 8.13. The molecule has 1 rings (SSSR count). The van der Waals surface area contributed by atoms with Crippen molar-refractivity contribution >= 4 is 19.7 Å². The Morgan fingerprint density at radius 2 is 1.62 bits per heavy atom. The van der Waals surface area contributed by atoms with Crippen molar-refractivity contribution in [3.63, 3.8) is 0 Å². The summed E-state index contributed by atoms with van der Waals surface area (Å²) < 4.78 is 21.4. The van der Waals surface area contributed by atoms with Gasteiger partial charge in [-0.25, -0.2) is 8.42 Å². The molecule has 0 fully saturated rings. The molecule has 13 heavy (non-hydrogen) atoms. The minimum absolute atomic E-state index is 0.139. The molecule has 0 radical (unpaired) electrons. The van der Waals surface area contributed by atoms with Crippen LogP contribution < -0.4 is 5.73 Å². The summed E-state index contributed by atoms with van der Waals surface area (Å²) in [5, 5.41) is 0. The van der Waals surface area contributed by atoms with E-state index < -0.39 is 9.05 Å². The molecule has 1 aromatic carbocycles. The second-order valence-electron chi connectivity index (χ2n) is 2.70. The number of hydrogen-bond acceptors (Lipinski definition) is 3. The fourth-order valence-corrected chi connectivity index (χ4v) is 1.94. The van der Waals surface area contributed by atoms with E-state index in [0.29, 0.717) is 12.1 Å². The van der Waals surface area contributed by atoms with Crippen molar-refractivity contribution in [2.75, 3.05) is 0 Å². The van der Waals surface area contributed by atoms with Gasteiger partial charge in [-0.05, 0) is 11.1 Å². The molecule has 3 nitrogen and oxygen atoms in total. The van der Waals surface area contributed by atoms with Crippen molar-refractivity contribution in [3.05, 3.63) is 35.4 Å². The fourth-order valence-electron chi connectivity index (χ4n) is 0.971. The van der Waals surface area contributed by atoms with Crippen molar-refractivity contribution in [3.8, 4) is 0 Å². The monoisotopic (exact) mass is 219 g/mol. The molecule has 5 heteroatoms. The Kier molecular flexibility index (Phi) is 3.30. The van der Waals surface area contributed by atoms with Gasteiger partial charge in [-0.2, -0.15) is 0 Å². The van der Waals surface area contributed by atoms with E-state index in [-0.39, 0.29) is 5.75 Å². The Morgan fingerprint density at radius 1 is 1.15 bits per heavy atom. The molecular formula is C8H10ClNO2S. The van der Waals surface area contributed by atoms with Crippen molar-refractivity contribution in [2.45, 2.75) is 12.3 Å². The SMILES string of the molecule is NCc1ccc(CS(=O)(=O)Cl)cc1. The smallest absolute Gasteiger partial charge is 0.236 e. The van der Waals surface area contributed by atoms with E-state index >= 15 is 0 Å². The van der Waals surface area contributed by atoms with Crippen LogP contribution in [0.15, 0.2) is 24.3 Å². The maximum atomic E-state index is 10.7. The molecule has 0 saturated carbocycles. The molecule has 0 aliphatic carbocycles. The number of benzene rings is 1. The minimum atomic E-state index is -3.46. The highest BCUT2D eigenvalue weighted by Crippen LogP contribution is 2.10. The predicted molar refractivity (Wildman–Crippen MR) is 52.8 cm³/mol. The predicted octanol–water partition coefficient (Wildman–Crippen LogP) is 1.21. The molecule has 0 aromatic heterocycles. The zero-order chi connectivity index (χ0) is 9.90. The minimum Gasteiger partial charge on any atom is -0.326 e. The summed E-state index contributed by atoms with van der Waals surface area (Å²) in [7, 11) is 1.63. The van der Waals surface area contributed by atoms with Crippen LogP contribution in [0.25, 0.3) is 0 Å². The van der Waals surface area contributed by atoms with Gasteiger partial charge < -0.3 is 5.73 Å². The van der Waals surface area contributed by atoms with Gasteiger partial charge in [0.1, 0.15) is 0 Å². The van der Waals surface area contributed by atoms with Crippen molar-refractivity contribution in [2.24, 2.45) is 5.73 Å². The van der Waals surface area contributed by atoms with Gasteiger partial charge in [-0.1, -0.05) is 24.3 Å². The van der Waals surface area contributed by atoms with Crippen molar-refractivity contribution in [1.82, 2.24) is 0 Å². The van der Waals surface area contributed by atoms with E-state index in [9.17, 15) is 8.42 Å². The topological polar surface area (TPSA) is 60.2 Å². The summed E-state index contributed by atoms with van der Waals surface area (Å²) in [6.07, 6.45) is 0. The van der Waals surface area contributed by atoms with Gasteiger partial charge in [0.15, 0.2) is 0 Å². The summed E-state index contributed by atoms with van der Waals surface area (Å²) in [4.78, 5) is 0. The lowest BCUT2D eigenvalue weighted by atomic mass is 10.1. The molecule has 0 heterocycles. The average molecular weight is 220 g/mol. The Hall–Kier alpha value is -0.580. The van der Waals surface area contributed by atoms with Crippen molar-refractivity contribution in [1.29, 1.82) is 0 Å². The largest absolute Gasteiger partial charge is 0.326 e. The molecule has 0 aliphatic rings. The number of hydrogen-bond donors (Lipinski definition) is 1. The van der Waals surface area contributed by atoms with Crippen molar-refractivity contribution < 1.29 is 8.42 Å². The van der Waals surface area contributed by atoms with E-state index in [2.05, 4.69) is 0 Å². The van der Waals surface area contributed by atoms with Crippen LogP contribution in [-0.2, 0) is 21.3 Å². The van der Waals surface area contributed by atoms with Crippen LogP contribution in [0, 0.1) is 0 Å². The van der Waals surface area contributed by atoms with E-state index in [4.69, 9.17) is 16.4 Å². The van der Waals surface area contributed by atoms with Gasteiger partial charge in [-0.15, -0.1) is 0 Å². The maximum Gasteiger partial charge on any atom is 0.236 e. The van der Waals surface area contributed by atoms with Crippen LogP contribution in [0.4, 0.5) is 0 Å². The van der Waals surface area contributed by atoms with Gasteiger partial charge in [0, 0.05) is 17.2 Å². The standard InChI is InChI=1S/C8H10ClNO2S/c9-13(11,12)6-8-3-1-7(5-10)2-4-8/h1-4H,5-6,10H2. The maximum absolute atomic E-state index is 10.7. The van der Waals surface area contributed by atoms with Crippen LogP contribution >= 0.6 is 10.7 Å². The molecule has 0 aliphatic heterocycles. The second-order valence-corrected chi connectivity index (χ2v) is 5.48. The van der Waals surface area contributed by atoms with Crippen LogP contribution in [0.2, 0.25) is 0 Å². The first-order chi connectivity index (χ1) is 6.01. The summed E-state index contributed by atoms with van der Waals surface area (Å²) in [5.41, 5.74) is 7.02. The second kappa shape index (κ2) is 4.09. The molecule has 0 atom stereocenters. The summed E-state index contributed by atoms with van der Waals surface area (Å²) in [6, 6.07) is 7.00. The Labute approximate surface area is 81.9 Å². The lowest BCUT2D eigenvalue weighted by Crippen LogP contribution is -1.98. The molecule has 0 saturated heterocycles. The summed E-state index contributed by atoms with van der Waals surface area (Å²) in [5.74, 6) is -0.139. The Morgan fingerprint density at radius 3 is 2.00 bits per heavy atom. The zero-order valence-corrected chi connectivity index (χ0v) is 8.48. The van der Waals surface area contributed by atoms with Gasteiger partial charge in [0.05, 0.1) is 5.75 Å². The molecule has 0 bridgehead atoms. The number of rotatable bonds is 3. The normalized spacial score (nSPS) is 11.5. The molecule has 72 valence electrons. The Balaban J connectivity index is 2.81. The fraction of sp³-hybridized carbons (Fsp3) is 0.250. The van der Waals surface area contributed by atoms with E-state index in [0.717, 1.165) is 5.56 Å². The number of halogens is 1. The number of nitrogens with two attached hydrogens (primary N) is 1. The van der Waals surface area contributed by atoms with Gasteiger partial charge >= 0.3 is 0 Å². The van der Waals surface area contributed by atoms with E-state index in [1.165, 1.54) is 0 Å². The first kappa shape index (κ1) is 10.5. The molecule has 0 spiro atoms. The average Bonchev–Trinajstić information content (AvgIpc) is 2.03. The Bertz CT molecular complexity index is 372. The van der Waals surface area contributed by atoms with E-state index in [1.54, 1.807) is 24.3 Å². The molecule has 1 aromatic rings. The van der Waals surface area contributed by atoms with Gasteiger partial charge in [0.25, 0.3) is 0 Å². The summed E-state index contributed by atoms with van der Waals surface area (Å²) in [6.45, 7) is 0.452. The third-order valence-electron chi connectivity index (χ3n) is 1.60. The van der Waals surface area contributed by atoms with E-state index in [1.807, 2.05) is 0 Å². The first-order valence-electron chi connectivity index (χ1n) is 3.71. The molecule has 0 amide bonds. The third-order valence-corrected chi connectivity index (χ3v) is 2.60. The van der Waals surface area contributed by atoms with Gasteiger partial charge in [0.2, 0.25) is 9.05 Å². The molecule has 0 unspecified atom stereocenters. The van der Waals surface area contributed by atoms with Crippen LogP contribution in [0.5, 0.6) is 0 Å². The lowest BCUT2D eigenvalue weighted by Gasteiger charge is -1.99. The van der Waals surface area contributed by atoms with Crippen LogP contribution in [0.1, 0.15) is 11.1 Å². The van der Waals surface area contributed by atoms with Crippen LogP contribution in [0.3, 0.4) is 0 Å². The quantitative estimate of drug-likeness (QED) is 0.778. The summed E-state index contributed by atoms with van der Waals surface area (Å²) >= 11 is 0. The molecule has 2 N–H and O–H groups in total.